The second-order valence-electron chi connectivity index (χ2n) is 32.6. The fraction of sp³-hybridized carbons (Fsp3) is 0.965. The zero-order valence-corrected chi connectivity index (χ0v) is 119. The SMILES string of the molecule is CC(C)CCC[C@@H](C)[C@H]1CC[C@H]2[C@@H]3CC[C@H]4C[C@@H](OCc5cn(CCCO[C@@H]6O[C@H](COS(=O)(=O)[O-])[C@@H](O[C@H]7O[C@H](COS(=O)(=O)[O-])[C@@H](O[C@H]8O[C@H](COS(=O)(=O)[O-])[C@@H](O[C@H]9O[C@H](COS(=O)(=O)[O-])[C@@H](OS(=O)(=O)[O-])[C@H](OS(=O)(=O)[O-])[C@H]9OS(=O)(=O)[O-])[C@H](OS(=O)(=O)[O-])[C@H]8OS(=O)(=O)[O-])[C@H](OS(=O)(=O)[O-])[C@H]7OS(=O)(=O)[O-])[C@H](OS(=O)(=O)[O-])[C@H]6OS(=O)(=O)[O-])nn5)CC[C@]4(C)[C@H]3CC[C@]12C.[Na+].[Na+].[Na+].[Na+].[Na+].[Na+].[Na+].[Na+].[Na+].[Na+].[Na+].[Na+].[Na+]. The summed E-state index contributed by atoms with van der Waals surface area (Å²) < 4.78 is 589. The van der Waals surface area contributed by atoms with E-state index in [1.807, 2.05) is 0 Å². The number of hydrogen-bond acceptors (Lipinski definition) is 63. The number of aromatic nitrogens is 3. The third kappa shape index (κ3) is 54.8. The molecule has 0 unspecified atom stereocenters. The van der Waals surface area contributed by atoms with Gasteiger partial charge >= 0.3 is 384 Å². The van der Waals surface area contributed by atoms with Crippen LogP contribution in [-0.2, 0) is 245 Å². The maximum atomic E-state index is 13.0. The molecule has 4 aliphatic heterocycles. The average Bonchev–Trinajstić information content (AvgIpc) is 1.61. The minimum Gasteiger partial charge on any atom is -0.726 e. The van der Waals surface area contributed by atoms with E-state index in [2.05, 4.69) is 99.3 Å². The Morgan fingerprint density at radius 2 is 0.653 bits per heavy atom. The second kappa shape index (κ2) is 67.9. The molecule has 90 heteroatoms. The van der Waals surface area contributed by atoms with Crippen molar-refractivity contribution >= 4 is 135 Å². The molecule has 1 aromatic heterocycles. The number of fused-ring (bicyclic) bond motifs is 5. The molecule has 8 aliphatic rings. The van der Waals surface area contributed by atoms with Crippen LogP contribution >= 0.6 is 0 Å². The monoisotopic (exact) mass is 2500 g/mol. The Labute approximate surface area is 1140 Å². The van der Waals surface area contributed by atoms with Gasteiger partial charge in [-0.15, -0.1) is 5.10 Å². The van der Waals surface area contributed by atoms with Gasteiger partial charge in [0.25, 0.3) is 0 Å². The average molecular weight is 2500 g/mol. The van der Waals surface area contributed by atoms with Crippen LogP contribution in [0.4, 0.5) is 0 Å². The molecule has 9 rings (SSSR count). The minimum absolute atomic E-state index is 0. The van der Waals surface area contributed by atoms with Crippen LogP contribution in [0.15, 0.2) is 6.20 Å². The summed E-state index contributed by atoms with van der Waals surface area (Å²) in [7, 11) is -88.1. The van der Waals surface area contributed by atoms with Gasteiger partial charge in [-0.05, 0) is 116 Å². The van der Waals surface area contributed by atoms with Gasteiger partial charge in [-0.2, -0.15) is 0 Å². The maximum absolute atomic E-state index is 13.0. The third-order valence-electron chi connectivity index (χ3n) is 23.5. The van der Waals surface area contributed by atoms with E-state index in [4.69, 9.17) is 42.6 Å². The van der Waals surface area contributed by atoms with Gasteiger partial charge in [0.2, 0.25) is 135 Å². The molecule has 147 heavy (non-hydrogen) atoms. The molecule has 4 aliphatic carbocycles. The molecule has 64 nitrogen and oxygen atoms in total. The molecule has 1 aromatic rings. The number of rotatable bonds is 49. The van der Waals surface area contributed by atoms with Gasteiger partial charge < -0.3 is 102 Å². The van der Waals surface area contributed by atoms with Crippen molar-refractivity contribution in [2.75, 3.05) is 33.0 Å². The number of hydrogen-bond donors (Lipinski definition) is 0. The quantitative estimate of drug-likeness (QED) is 0.0253. The first-order chi connectivity index (χ1) is 60.9. The molecule has 4 saturated carbocycles. The van der Waals surface area contributed by atoms with Gasteiger partial charge in [0, 0.05) is 6.54 Å². The molecule has 29 atom stereocenters. The van der Waals surface area contributed by atoms with Gasteiger partial charge in [-0.25, -0.2) is 109 Å². The summed E-state index contributed by atoms with van der Waals surface area (Å²) in [6.45, 7) is 0.909. The number of aryl methyl sites for hydroxylation is 1. The molecule has 784 valence electrons. The Morgan fingerprint density at radius 3 is 0.993 bits per heavy atom. The summed E-state index contributed by atoms with van der Waals surface area (Å²) >= 11 is 0. The molecule has 0 N–H and O–H groups in total. The van der Waals surface area contributed by atoms with Gasteiger partial charge in [-0.1, -0.05) is 59.1 Å². The summed E-state index contributed by atoms with van der Waals surface area (Å²) in [4.78, 5) is 0. The summed E-state index contributed by atoms with van der Waals surface area (Å²) in [5, 5.41) is 8.14. The molecule has 8 fully saturated rings. The van der Waals surface area contributed by atoms with E-state index in [0.29, 0.717) is 41.4 Å². The maximum Gasteiger partial charge on any atom is 1.00 e. The predicted molar refractivity (Wildman–Crippen MR) is 395 cm³/mol. The van der Waals surface area contributed by atoms with E-state index >= 15 is 0 Å². The largest absolute Gasteiger partial charge is 1.00 e. The molecule has 0 spiro atoms. The Bertz CT molecular complexity index is 5870. The summed E-state index contributed by atoms with van der Waals surface area (Å²) in [5.41, 5.74) is 0.638. The summed E-state index contributed by atoms with van der Waals surface area (Å²) in [6.07, 6.45) is -61.1. The minimum atomic E-state index is -7.14. The molecule has 0 aromatic carbocycles. The summed E-state index contributed by atoms with van der Waals surface area (Å²) in [6, 6.07) is 0. The van der Waals surface area contributed by atoms with Crippen LogP contribution in [0.25, 0.3) is 0 Å². The van der Waals surface area contributed by atoms with Crippen LogP contribution in [0, 0.1) is 52.3 Å². The van der Waals surface area contributed by atoms with Crippen molar-refractivity contribution in [2.45, 2.75) is 260 Å². The van der Waals surface area contributed by atoms with Gasteiger partial charge in [0.05, 0.1) is 51.9 Å². The first-order valence-corrected chi connectivity index (χ1v) is 56.1. The van der Waals surface area contributed by atoms with Crippen LogP contribution < -0.4 is 384 Å². The molecule has 4 saturated heterocycles. The van der Waals surface area contributed by atoms with Crippen molar-refractivity contribution in [1.29, 1.82) is 0 Å². The van der Waals surface area contributed by atoms with Crippen LogP contribution in [0.3, 0.4) is 0 Å². The summed E-state index contributed by atoms with van der Waals surface area (Å²) in [5.74, 6) is 4.13. The van der Waals surface area contributed by atoms with E-state index in [1.165, 1.54) is 49.4 Å². The van der Waals surface area contributed by atoms with Crippen LogP contribution in [0.1, 0.15) is 124 Å². The van der Waals surface area contributed by atoms with Crippen molar-refractivity contribution < 1.29 is 650 Å². The van der Waals surface area contributed by atoms with Crippen molar-refractivity contribution in [1.82, 2.24) is 15.0 Å². The fourth-order valence-electron chi connectivity index (χ4n) is 18.8. The standard InChI is InChI=1S/C57H97N3O61S13.13Na/c1-27(2)8-6-9-28(3)33-12-13-34-32-11-10-29-20-31(14-16-56(29,4)35(32)15-17-57(33,34)5)101-22-30-21-60(59-58-30)18-7-19-100-52-48(118-131(88,89)90)44(114-127(76,77)78)40(36(106-52)23-102-122(61,62)63)110-53-49(119-132(91,92)93)45(115-128(79,80)81)41(37(107-53)24-103-123(64,65)66)111-54-50(120-133(94,95)96)46(116-129(82,83)84)42(38(108-54)25-104-124(67,68)69)112-55-51(121-134(97,98)99)47(117-130(85,86)87)43(113-126(73,74)75)39(109-55)26-105-125(70,71)72;;;;;;;;;;;;;/h21,27-29,31-55H,6-20,22-26H2,1-5H3,(H,61,62,63)(H,64,65,66)(H,67,68,69)(H,70,71,72)(H,73,74,75)(H,76,77,78)(H,79,80,81)(H,82,83,84)(H,85,86,87)(H,88,89,90)(H,91,92,93)(H,94,95,96)(H,97,98,99);;;;;;;;;;;;;/q;13*+1/p-13/t28-,29+,31+,32+,33-,34+,35+,36-,37-,38-,39-,40-,41-,42-,43-,44+,45+,46+,47+,48-,49-,50-,51-,52-,53-,54-,55-,56+,57-;;;;;;;;;;;;;/m1............./s1. The van der Waals surface area contributed by atoms with Crippen LogP contribution in [0.5, 0.6) is 0 Å². The third-order valence-corrected chi connectivity index (χ3v) is 29.3. The second-order valence-corrected chi connectivity index (χ2v) is 45.8. The first kappa shape index (κ1) is 165. The van der Waals surface area contributed by atoms with Gasteiger partial charge in [0.15, 0.2) is 49.6 Å². The number of nitrogens with zero attached hydrogens (tertiary/aromatic N) is 3. The van der Waals surface area contributed by atoms with Crippen LogP contribution in [0.2, 0.25) is 0 Å². The Balaban J connectivity index is -0.00000517. The molecule has 0 radical (unpaired) electrons. The molecular weight excluding hydrogens is 2420 g/mol. The first-order valence-electron chi connectivity index (χ1n) is 38.8. The smallest absolute Gasteiger partial charge is 0.726 e. The Morgan fingerprint density at radius 1 is 0.347 bits per heavy atom. The van der Waals surface area contributed by atoms with E-state index in [9.17, 15) is 169 Å². The van der Waals surface area contributed by atoms with E-state index in [0.717, 1.165) is 38.5 Å². The number of ether oxygens (including phenoxy) is 9. The molecule has 0 amide bonds. The van der Waals surface area contributed by atoms with Crippen molar-refractivity contribution in [3.05, 3.63) is 11.9 Å². The zero-order valence-electron chi connectivity index (χ0n) is 81.9. The van der Waals surface area contributed by atoms with Crippen molar-refractivity contribution in [2.24, 2.45) is 52.3 Å². The molecular formula is C57H84N3Na13O61S13. The van der Waals surface area contributed by atoms with Crippen molar-refractivity contribution in [3.8, 4) is 0 Å². The predicted octanol–water partition coefficient (Wildman–Crippen LogP) is -46.7. The van der Waals surface area contributed by atoms with Gasteiger partial charge in [-0.3, -0.25) is 59.1 Å². The van der Waals surface area contributed by atoms with E-state index in [1.54, 1.807) is 0 Å². The van der Waals surface area contributed by atoms with Crippen molar-refractivity contribution in [3.63, 3.8) is 0 Å². The molecule has 0 bridgehead atoms. The Hall–Kier alpha value is 10.1. The molecule has 5 heterocycles. The topological polar surface area (TPSA) is 977 Å². The Kier molecular flexibility index (Phi) is 76.5. The van der Waals surface area contributed by atoms with Gasteiger partial charge in [0.1, 0.15) is 78.9 Å². The van der Waals surface area contributed by atoms with Crippen LogP contribution in [-0.4, -0.2) is 346 Å². The van der Waals surface area contributed by atoms with E-state index in [-0.39, 0.29) is 420 Å². The van der Waals surface area contributed by atoms with E-state index < -0.39 is 297 Å². The normalized spacial score (nSPS) is 32.1. The fourth-order valence-corrected chi connectivity index (χ4v) is 24.4. The zero-order chi connectivity index (χ0) is 101.